The van der Waals surface area contributed by atoms with E-state index in [-0.39, 0.29) is 11.7 Å². The molecule has 94 valence electrons. The number of nitrogens with zero attached hydrogens (tertiary/aromatic N) is 2. The Hall–Kier alpha value is -1.34. The van der Waals surface area contributed by atoms with E-state index in [1.54, 1.807) is 7.05 Å². The van der Waals surface area contributed by atoms with Crippen molar-refractivity contribution >= 4 is 28.3 Å². The largest absolute Gasteiger partial charge is 0.382 e. The van der Waals surface area contributed by atoms with Gasteiger partial charge in [-0.2, -0.15) is 4.37 Å². The van der Waals surface area contributed by atoms with Crippen LogP contribution >= 0.6 is 11.5 Å². The molecule has 0 radical (unpaired) electrons. The van der Waals surface area contributed by atoms with Gasteiger partial charge in [0.15, 0.2) is 5.82 Å². The van der Waals surface area contributed by atoms with Crippen LogP contribution in [-0.4, -0.2) is 35.4 Å². The van der Waals surface area contributed by atoms with Crippen molar-refractivity contribution in [3.05, 3.63) is 5.56 Å². The number of hydrogen-bond donors (Lipinski definition) is 3. The lowest BCUT2D eigenvalue weighted by molar-refractivity contribution is 0.0964. The second kappa shape index (κ2) is 5.33. The summed E-state index contributed by atoms with van der Waals surface area (Å²) >= 11 is 1.22. The van der Waals surface area contributed by atoms with Gasteiger partial charge in [0.1, 0.15) is 10.6 Å². The summed E-state index contributed by atoms with van der Waals surface area (Å²) < 4.78 is 4.02. The molecule has 4 N–H and O–H groups in total. The van der Waals surface area contributed by atoms with Gasteiger partial charge in [-0.1, -0.05) is 6.42 Å². The molecule has 6 nitrogen and oxygen atoms in total. The summed E-state index contributed by atoms with van der Waals surface area (Å²) in [6, 6.07) is 0. The summed E-state index contributed by atoms with van der Waals surface area (Å²) in [6.45, 7) is 1.98. The lowest BCUT2D eigenvalue weighted by atomic mass is 10.2. The third-order valence-corrected chi connectivity index (χ3v) is 3.55. The van der Waals surface area contributed by atoms with Gasteiger partial charge in [0.25, 0.3) is 5.91 Å². The first-order chi connectivity index (χ1) is 8.22. The summed E-state index contributed by atoms with van der Waals surface area (Å²) in [4.78, 5) is 11.7. The summed E-state index contributed by atoms with van der Waals surface area (Å²) in [5.74, 6) is 0.0876. The van der Waals surface area contributed by atoms with Crippen LogP contribution in [0.1, 0.15) is 29.6 Å². The number of rotatable bonds is 3. The lowest BCUT2D eigenvalue weighted by Crippen LogP contribution is -2.35. The van der Waals surface area contributed by atoms with Gasteiger partial charge in [-0.25, -0.2) is 5.01 Å². The van der Waals surface area contributed by atoms with Crippen LogP contribution in [0, 0.1) is 0 Å². The first kappa shape index (κ1) is 12.1. The van der Waals surface area contributed by atoms with E-state index in [1.807, 2.05) is 0 Å². The van der Waals surface area contributed by atoms with E-state index >= 15 is 0 Å². The molecule has 0 aromatic carbocycles. The number of nitrogens with one attached hydrogen (secondary N) is 2. The standard InChI is InChI=1S/C10H17N5OS/c1-12-9(16)7-8(11)14-17-10(7)13-15-5-3-2-4-6-15/h13H,2-6H2,1H3,(H2,11,14)(H,12,16). The highest BCUT2D eigenvalue weighted by atomic mass is 32.1. The second-order valence-corrected chi connectivity index (χ2v) is 4.78. The maximum absolute atomic E-state index is 11.7. The Kier molecular flexibility index (Phi) is 3.80. The van der Waals surface area contributed by atoms with Gasteiger partial charge in [0.05, 0.1) is 0 Å². The minimum atomic E-state index is -0.198. The molecule has 2 heterocycles. The van der Waals surface area contributed by atoms with E-state index < -0.39 is 0 Å². The first-order valence-electron chi connectivity index (χ1n) is 5.71. The highest BCUT2D eigenvalue weighted by molar-refractivity contribution is 7.11. The summed E-state index contributed by atoms with van der Waals surface area (Å²) in [6.07, 6.45) is 3.62. The molecule has 1 aromatic heterocycles. The van der Waals surface area contributed by atoms with Crippen molar-refractivity contribution in [3.8, 4) is 0 Å². The van der Waals surface area contributed by atoms with Crippen LogP contribution in [0.5, 0.6) is 0 Å². The predicted molar refractivity (Wildman–Crippen MR) is 69.0 cm³/mol. The Balaban J connectivity index is 2.12. The Bertz CT molecular complexity index is 399. The number of carbonyl (C=O) groups excluding carboxylic acids is 1. The number of carbonyl (C=O) groups is 1. The predicted octanol–water partition coefficient (Wildman–Crippen LogP) is 0.898. The molecule has 1 fully saturated rings. The zero-order valence-electron chi connectivity index (χ0n) is 9.82. The van der Waals surface area contributed by atoms with Crippen LogP contribution in [-0.2, 0) is 0 Å². The fourth-order valence-electron chi connectivity index (χ4n) is 1.87. The Morgan fingerprint density at radius 1 is 1.41 bits per heavy atom. The van der Waals surface area contributed by atoms with Crippen LogP contribution < -0.4 is 16.5 Å². The van der Waals surface area contributed by atoms with E-state index in [4.69, 9.17) is 5.73 Å². The molecule has 1 saturated heterocycles. The number of hydrazine groups is 1. The molecule has 7 heteroatoms. The first-order valence-corrected chi connectivity index (χ1v) is 6.48. The Morgan fingerprint density at radius 3 is 2.76 bits per heavy atom. The third-order valence-electron chi connectivity index (χ3n) is 2.79. The van der Waals surface area contributed by atoms with Gasteiger partial charge in [0, 0.05) is 20.1 Å². The van der Waals surface area contributed by atoms with Crippen LogP contribution in [0.4, 0.5) is 10.8 Å². The fourth-order valence-corrected chi connectivity index (χ4v) is 2.61. The molecule has 0 spiro atoms. The van der Waals surface area contributed by atoms with Gasteiger partial charge in [-0.3, -0.25) is 4.79 Å². The zero-order chi connectivity index (χ0) is 12.3. The number of hydrogen-bond acceptors (Lipinski definition) is 6. The molecular weight excluding hydrogens is 238 g/mol. The van der Waals surface area contributed by atoms with Crippen LogP contribution in [0.3, 0.4) is 0 Å². The Labute approximate surface area is 104 Å². The molecule has 1 aliphatic heterocycles. The number of amides is 1. The fraction of sp³-hybridized carbons (Fsp3) is 0.600. The monoisotopic (exact) mass is 255 g/mol. The van der Waals surface area contributed by atoms with Crippen molar-refractivity contribution in [2.24, 2.45) is 0 Å². The van der Waals surface area contributed by atoms with Crippen molar-refractivity contribution in [2.45, 2.75) is 19.3 Å². The third kappa shape index (κ3) is 2.67. The SMILES string of the molecule is CNC(=O)c1c(N)nsc1NN1CCCCC1. The highest BCUT2D eigenvalue weighted by Gasteiger charge is 2.20. The maximum atomic E-state index is 11.7. The topological polar surface area (TPSA) is 83.3 Å². The molecule has 17 heavy (non-hydrogen) atoms. The van der Waals surface area contributed by atoms with Gasteiger partial charge in [-0.05, 0) is 24.4 Å². The van der Waals surface area contributed by atoms with Crippen molar-refractivity contribution < 1.29 is 4.79 Å². The molecular formula is C10H17N5OS. The van der Waals surface area contributed by atoms with E-state index in [0.29, 0.717) is 5.56 Å². The number of aromatic nitrogens is 1. The van der Waals surface area contributed by atoms with Crippen LogP contribution in [0.25, 0.3) is 0 Å². The van der Waals surface area contributed by atoms with E-state index in [9.17, 15) is 4.79 Å². The van der Waals surface area contributed by atoms with Crippen molar-refractivity contribution in [2.75, 3.05) is 31.3 Å². The van der Waals surface area contributed by atoms with E-state index in [1.165, 1.54) is 30.8 Å². The summed E-state index contributed by atoms with van der Waals surface area (Å²) in [5.41, 5.74) is 9.38. The van der Waals surface area contributed by atoms with E-state index in [2.05, 4.69) is 20.1 Å². The van der Waals surface area contributed by atoms with E-state index in [0.717, 1.165) is 18.1 Å². The molecule has 0 bridgehead atoms. The molecule has 0 saturated carbocycles. The number of piperidine rings is 1. The van der Waals surface area contributed by atoms with Gasteiger partial charge < -0.3 is 16.5 Å². The number of nitrogen functional groups attached to an aromatic ring is 1. The van der Waals surface area contributed by atoms with Crippen LogP contribution in [0.15, 0.2) is 0 Å². The second-order valence-electron chi connectivity index (χ2n) is 4.01. The van der Waals surface area contributed by atoms with Crippen molar-refractivity contribution in [3.63, 3.8) is 0 Å². The van der Waals surface area contributed by atoms with Gasteiger partial charge in [-0.15, -0.1) is 0 Å². The average molecular weight is 255 g/mol. The molecule has 0 unspecified atom stereocenters. The van der Waals surface area contributed by atoms with Crippen molar-refractivity contribution in [1.82, 2.24) is 14.7 Å². The van der Waals surface area contributed by atoms with Gasteiger partial charge in [0.2, 0.25) is 0 Å². The molecule has 2 rings (SSSR count). The molecule has 0 atom stereocenters. The molecule has 1 aromatic rings. The normalized spacial score (nSPS) is 16.8. The number of anilines is 2. The number of nitrogens with two attached hydrogens (primary N) is 1. The Morgan fingerprint density at radius 2 is 2.12 bits per heavy atom. The minimum absolute atomic E-state index is 0.198. The van der Waals surface area contributed by atoms with Crippen molar-refractivity contribution in [1.29, 1.82) is 0 Å². The quantitative estimate of drug-likeness (QED) is 0.747. The molecule has 1 aliphatic rings. The lowest BCUT2D eigenvalue weighted by Gasteiger charge is -2.27. The molecule has 0 aliphatic carbocycles. The smallest absolute Gasteiger partial charge is 0.257 e. The minimum Gasteiger partial charge on any atom is -0.382 e. The highest BCUT2D eigenvalue weighted by Crippen LogP contribution is 2.27. The maximum Gasteiger partial charge on any atom is 0.257 e. The molecule has 1 amide bonds. The summed E-state index contributed by atoms with van der Waals surface area (Å²) in [5, 5.41) is 5.41. The average Bonchev–Trinajstić information content (AvgIpc) is 2.71. The summed E-state index contributed by atoms with van der Waals surface area (Å²) in [7, 11) is 1.59. The van der Waals surface area contributed by atoms with Gasteiger partial charge >= 0.3 is 0 Å². The van der Waals surface area contributed by atoms with Crippen LogP contribution in [0.2, 0.25) is 0 Å². The zero-order valence-corrected chi connectivity index (χ0v) is 10.6.